The minimum atomic E-state index is 0.960. The Kier molecular flexibility index (Phi) is 2.71. The highest BCUT2D eigenvalue weighted by Crippen LogP contribution is 2.32. The molecule has 96 valence electrons. The van der Waals surface area contributed by atoms with Gasteiger partial charge in [-0.15, -0.1) is 0 Å². The molecule has 0 amide bonds. The van der Waals surface area contributed by atoms with E-state index in [1.807, 2.05) is 48.0 Å². The van der Waals surface area contributed by atoms with Crippen LogP contribution >= 0.6 is 0 Å². The molecule has 0 N–H and O–H groups in total. The summed E-state index contributed by atoms with van der Waals surface area (Å²) >= 11 is 0. The number of hydrogen-bond acceptors (Lipinski definition) is 2. The second kappa shape index (κ2) is 4.39. The van der Waals surface area contributed by atoms with Gasteiger partial charge in [-0.2, -0.15) is 0 Å². The number of hydrogen-bond donors (Lipinski definition) is 0. The SMILES string of the molecule is Cc1cccc(-c2nccn2C)c1-c1nccn1C. The maximum Gasteiger partial charge on any atom is 0.140 e. The highest BCUT2D eigenvalue weighted by molar-refractivity contribution is 5.80. The van der Waals surface area contributed by atoms with E-state index in [0.717, 1.165) is 22.8 Å². The number of aromatic nitrogens is 4. The average molecular weight is 252 g/mol. The smallest absolute Gasteiger partial charge is 0.140 e. The zero-order chi connectivity index (χ0) is 13.4. The van der Waals surface area contributed by atoms with E-state index in [1.54, 1.807) is 0 Å². The molecule has 19 heavy (non-hydrogen) atoms. The molecule has 0 aliphatic rings. The summed E-state index contributed by atoms with van der Waals surface area (Å²) in [5, 5.41) is 0. The van der Waals surface area contributed by atoms with Crippen LogP contribution in [0.5, 0.6) is 0 Å². The summed E-state index contributed by atoms with van der Waals surface area (Å²) in [5.74, 6) is 1.93. The standard InChI is InChI=1S/C15H16N4/c1-11-5-4-6-12(14-16-7-9-18(14)2)13(11)15-17-8-10-19(15)3/h4-10H,1-3H3. The minimum absolute atomic E-state index is 0.960. The molecule has 1 aromatic carbocycles. The quantitative estimate of drug-likeness (QED) is 0.703. The number of aryl methyl sites for hydroxylation is 3. The first-order valence-corrected chi connectivity index (χ1v) is 6.23. The fourth-order valence-corrected chi connectivity index (χ4v) is 2.38. The highest BCUT2D eigenvalue weighted by atomic mass is 15.1. The van der Waals surface area contributed by atoms with Crippen LogP contribution in [-0.4, -0.2) is 19.1 Å². The molecule has 0 radical (unpaired) electrons. The fourth-order valence-electron chi connectivity index (χ4n) is 2.38. The summed E-state index contributed by atoms with van der Waals surface area (Å²) in [6.45, 7) is 2.11. The van der Waals surface area contributed by atoms with Crippen molar-refractivity contribution in [2.24, 2.45) is 14.1 Å². The van der Waals surface area contributed by atoms with E-state index in [2.05, 4.69) is 35.1 Å². The van der Waals surface area contributed by atoms with E-state index in [1.165, 1.54) is 5.56 Å². The van der Waals surface area contributed by atoms with Crippen molar-refractivity contribution in [3.63, 3.8) is 0 Å². The molecule has 2 aromatic heterocycles. The lowest BCUT2D eigenvalue weighted by molar-refractivity contribution is 0.913. The molecule has 0 bridgehead atoms. The molecule has 3 aromatic rings. The van der Waals surface area contributed by atoms with Crippen molar-refractivity contribution in [1.29, 1.82) is 0 Å². The van der Waals surface area contributed by atoms with Crippen molar-refractivity contribution < 1.29 is 0 Å². The summed E-state index contributed by atoms with van der Waals surface area (Å²) in [7, 11) is 4.02. The first-order valence-electron chi connectivity index (χ1n) is 6.23. The van der Waals surface area contributed by atoms with Gasteiger partial charge in [0.25, 0.3) is 0 Å². The van der Waals surface area contributed by atoms with Crippen LogP contribution in [0.4, 0.5) is 0 Å². The summed E-state index contributed by atoms with van der Waals surface area (Å²) in [5.41, 5.74) is 3.46. The molecule has 0 aliphatic heterocycles. The molecule has 0 atom stereocenters. The zero-order valence-electron chi connectivity index (χ0n) is 11.3. The lowest BCUT2D eigenvalue weighted by Gasteiger charge is -2.12. The van der Waals surface area contributed by atoms with Gasteiger partial charge in [-0.3, -0.25) is 0 Å². The van der Waals surface area contributed by atoms with Crippen molar-refractivity contribution in [3.05, 3.63) is 48.5 Å². The molecule has 0 fully saturated rings. The normalized spacial score (nSPS) is 10.9. The van der Waals surface area contributed by atoms with E-state index in [0.29, 0.717) is 0 Å². The number of imidazole rings is 2. The molecule has 4 nitrogen and oxygen atoms in total. The number of rotatable bonds is 2. The Hall–Kier alpha value is -2.36. The van der Waals surface area contributed by atoms with Crippen LogP contribution in [0, 0.1) is 6.92 Å². The van der Waals surface area contributed by atoms with Gasteiger partial charge in [0, 0.05) is 50.0 Å². The molecular weight excluding hydrogens is 236 g/mol. The van der Waals surface area contributed by atoms with Gasteiger partial charge in [0.1, 0.15) is 11.6 Å². The summed E-state index contributed by atoms with van der Waals surface area (Å²) in [6.07, 6.45) is 7.56. The lowest BCUT2D eigenvalue weighted by Crippen LogP contribution is -1.99. The van der Waals surface area contributed by atoms with Crippen LogP contribution in [0.25, 0.3) is 22.8 Å². The van der Waals surface area contributed by atoms with Gasteiger partial charge in [-0.05, 0) is 12.5 Å². The third-order valence-electron chi connectivity index (χ3n) is 3.38. The van der Waals surface area contributed by atoms with Gasteiger partial charge in [0.05, 0.1) is 0 Å². The first-order chi connectivity index (χ1) is 9.18. The van der Waals surface area contributed by atoms with E-state index in [-0.39, 0.29) is 0 Å². The van der Waals surface area contributed by atoms with E-state index < -0.39 is 0 Å². The molecule has 0 unspecified atom stereocenters. The summed E-state index contributed by atoms with van der Waals surface area (Å²) < 4.78 is 4.07. The van der Waals surface area contributed by atoms with Crippen LogP contribution in [0.15, 0.2) is 43.0 Å². The Morgan fingerprint density at radius 3 is 2.11 bits per heavy atom. The Bertz CT molecular complexity index is 721. The van der Waals surface area contributed by atoms with Crippen molar-refractivity contribution in [3.8, 4) is 22.8 Å². The number of nitrogens with zero attached hydrogens (tertiary/aromatic N) is 4. The second-order valence-corrected chi connectivity index (χ2v) is 4.72. The maximum absolute atomic E-state index is 4.47. The van der Waals surface area contributed by atoms with Crippen molar-refractivity contribution in [1.82, 2.24) is 19.1 Å². The van der Waals surface area contributed by atoms with Gasteiger partial charge in [-0.25, -0.2) is 9.97 Å². The Morgan fingerprint density at radius 2 is 1.53 bits per heavy atom. The van der Waals surface area contributed by atoms with Gasteiger partial charge >= 0.3 is 0 Å². The predicted molar refractivity (Wildman–Crippen MR) is 75.6 cm³/mol. The van der Waals surface area contributed by atoms with E-state index in [4.69, 9.17) is 0 Å². The minimum Gasteiger partial charge on any atom is -0.334 e. The Morgan fingerprint density at radius 1 is 0.895 bits per heavy atom. The maximum atomic E-state index is 4.47. The predicted octanol–water partition coefficient (Wildman–Crippen LogP) is 2.80. The molecule has 0 spiro atoms. The van der Waals surface area contributed by atoms with E-state index in [9.17, 15) is 0 Å². The third kappa shape index (κ3) is 1.85. The van der Waals surface area contributed by atoms with E-state index >= 15 is 0 Å². The summed E-state index contributed by atoms with van der Waals surface area (Å²) in [6, 6.07) is 6.27. The molecular formula is C15H16N4. The monoisotopic (exact) mass is 252 g/mol. The molecule has 2 heterocycles. The van der Waals surface area contributed by atoms with Crippen molar-refractivity contribution >= 4 is 0 Å². The molecule has 4 heteroatoms. The molecule has 0 aliphatic carbocycles. The van der Waals surface area contributed by atoms with Crippen molar-refractivity contribution in [2.75, 3.05) is 0 Å². The van der Waals surface area contributed by atoms with Crippen LogP contribution in [0.3, 0.4) is 0 Å². The molecule has 0 saturated heterocycles. The lowest BCUT2D eigenvalue weighted by atomic mass is 10.0. The van der Waals surface area contributed by atoms with Gasteiger partial charge in [0.15, 0.2) is 0 Å². The summed E-state index contributed by atoms with van der Waals surface area (Å²) in [4.78, 5) is 8.93. The van der Waals surface area contributed by atoms with Gasteiger partial charge in [0.2, 0.25) is 0 Å². The molecule has 0 saturated carbocycles. The van der Waals surface area contributed by atoms with Crippen LogP contribution in [0.2, 0.25) is 0 Å². The van der Waals surface area contributed by atoms with Crippen LogP contribution in [0.1, 0.15) is 5.56 Å². The average Bonchev–Trinajstić information content (AvgIpc) is 2.98. The fraction of sp³-hybridized carbons (Fsp3) is 0.200. The first kappa shape index (κ1) is 11.7. The Balaban J connectivity index is 2.31. The second-order valence-electron chi connectivity index (χ2n) is 4.72. The van der Waals surface area contributed by atoms with Gasteiger partial charge in [-0.1, -0.05) is 18.2 Å². The third-order valence-corrected chi connectivity index (χ3v) is 3.38. The Labute approximate surface area is 112 Å². The van der Waals surface area contributed by atoms with Gasteiger partial charge < -0.3 is 9.13 Å². The zero-order valence-corrected chi connectivity index (χ0v) is 11.3. The highest BCUT2D eigenvalue weighted by Gasteiger charge is 2.15. The topological polar surface area (TPSA) is 35.6 Å². The van der Waals surface area contributed by atoms with Crippen molar-refractivity contribution in [2.45, 2.75) is 6.92 Å². The number of benzene rings is 1. The molecule has 3 rings (SSSR count). The van der Waals surface area contributed by atoms with Crippen LogP contribution < -0.4 is 0 Å². The van der Waals surface area contributed by atoms with Crippen LogP contribution in [-0.2, 0) is 14.1 Å². The largest absolute Gasteiger partial charge is 0.334 e.